The van der Waals surface area contributed by atoms with E-state index in [4.69, 9.17) is 5.73 Å². The molecule has 3 N–H and O–H groups in total. The van der Waals surface area contributed by atoms with Crippen molar-refractivity contribution in [3.8, 4) is 11.3 Å². The molecule has 0 radical (unpaired) electrons. The van der Waals surface area contributed by atoms with Crippen molar-refractivity contribution in [1.82, 2.24) is 9.97 Å². The summed E-state index contributed by atoms with van der Waals surface area (Å²) in [4.78, 5) is 7.20. The lowest BCUT2D eigenvalue weighted by Crippen LogP contribution is -2.18. The molecule has 2 aromatic rings. The Balaban J connectivity index is 2.32. The first kappa shape index (κ1) is 12.7. The molecule has 2 rings (SSSR count). The molecule has 3 nitrogen and oxygen atoms in total. The van der Waals surface area contributed by atoms with Crippen LogP contribution in [-0.2, 0) is 0 Å². The van der Waals surface area contributed by atoms with Crippen LogP contribution < -0.4 is 5.73 Å². The average Bonchev–Trinajstić information content (AvgIpc) is 2.81. The molecule has 5 heteroatoms. The minimum Gasteiger partial charge on any atom is -0.341 e. The maximum absolute atomic E-state index is 13.1. The van der Waals surface area contributed by atoms with Gasteiger partial charge in [-0.25, -0.2) is 13.8 Å². The fourth-order valence-corrected chi connectivity index (χ4v) is 1.63. The lowest BCUT2D eigenvalue weighted by Gasteiger charge is -2.12. The summed E-state index contributed by atoms with van der Waals surface area (Å²) < 4.78 is 26.0. The van der Waals surface area contributed by atoms with E-state index in [-0.39, 0.29) is 12.0 Å². The number of benzene rings is 1. The van der Waals surface area contributed by atoms with Crippen molar-refractivity contribution in [2.75, 3.05) is 0 Å². The highest BCUT2D eigenvalue weighted by atomic mass is 19.2. The normalized spacial score (nSPS) is 13.0. The molecule has 96 valence electrons. The Labute approximate surface area is 104 Å². The molecular formula is C13H15F2N3. The van der Waals surface area contributed by atoms with E-state index in [1.54, 1.807) is 6.20 Å². The number of hydrogen-bond acceptors (Lipinski definition) is 2. The lowest BCUT2D eigenvalue weighted by molar-refractivity contribution is 0.494. The molecule has 18 heavy (non-hydrogen) atoms. The third kappa shape index (κ3) is 2.41. The van der Waals surface area contributed by atoms with Crippen LogP contribution in [0.2, 0.25) is 0 Å². The zero-order valence-corrected chi connectivity index (χ0v) is 10.2. The molecule has 0 bridgehead atoms. The van der Waals surface area contributed by atoms with Gasteiger partial charge in [-0.15, -0.1) is 0 Å². The number of H-pyrrole nitrogens is 1. The third-order valence-corrected chi connectivity index (χ3v) is 2.86. The maximum atomic E-state index is 13.1. The van der Waals surface area contributed by atoms with E-state index in [1.165, 1.54) is 6.07 Å². The number of halogens is 2. The Morgan fingerprint density at radius 3 is 2.56 bits per heavy atom. The minimum atomic E-state index is -0.878. The second-order valence-electron chi connectivity index (χ2n) is 4.58. The first-order valence-corrected chi connectivity index (χ1v) is 5.75. The first-order chi connectivity index (χ1) is 8.49. The van der Waals surface area contributed by atoms with Crippen molar-refractivity contribution in [2.24, 2.45) is 11.7 Å². The van der Waals surface area contributed by atoms with Crippen LogP contribution in [0.1, 0.15) is 25.7 Å². The van der Waals surface area contributed by atoms with Crippen molar-refractivity contribution in [3.63, 3.8) is 0 Å². The van der Waals surface area contributed by atoms with E-state index < -0.39 is 11.6 Å². The second-order valence-corrected chi connectivity index (χ2v) is 4.58. The molecule has 1 aromatic heterocycles. The molecule has 1 heterocycles. The average molecular weight is 251 g/mol. The van der Waals surface area contributed by atoms with Gasteiger partial charge in [0.05, 0.1) is 17.9 Å². The Morgan fingerprint density at radius 1 is 1.22 bits per heavy atom. The Kier molecular flexibility index (Phi) is 3.43. The molecule has 0 aliphatic carbocycles. The van der Waals surface area contributed by atoms with Crippen LogP contribution in [0.15, 0.2) is 24.4 Å². The summed E-state index contributed by atoms with van der Waals surface area (Å²) in [6, 6.07) is 3.52. The van der Waals surface area contributed by atoms with Crippen molar-refractivity contribution < 1.29 is 8.78 Å². The summed E-state index contributed by atoms with van der Waals surface area (Å²) in [5, 5.41) is 0. The van der Waals surface area contributed by atoms with Gasteiger partial charge in [-0.1, -0.05) is 13.8 Å². The van der Waals surface area contributed by atoms with E-state index in [0.29, 0.717) is 17.1 Å². The number of nitrogens with zero attached hydrogens (tertiary/aromatic N) is 1. The van der Waals surface area contributed by atoms with Crippen molar-refractivity contribution in [1.29, 1.82) is 0 Å². The summed E-state index contributed by atoms with van der Waals surface area (Å²) in [6.45, 7) is 3.98. The van der Waals surface area contributed by atoms with Crippen molar-refractivity contribution in [3.05, 3.63) is 41.9 Å². The molecular weight excluding hydrogens is 236 g/mol. The summed E-state index contributed by atoms with van der Waals surface area (Å²) in [5.41, 5.74) is 7.13. The standard InChI is InChI=1S/C13H15F2N3/c1-7(2)12(16)13-17-6-11(18-13)8-3-4-9(14)10(15)5-8/h3-7,12H,16H2,1-2H3,(H,17,18). The molecule has 0 saturated carbocycles. The van der Waals surface area contributed by atoms with Crippen molar-refractivity contribution >= 4 is 0 Å². The van der Waals surface area contributed by atoms with E-state index in [2.05, 4.69) is 9.97 Å². The van der Waals surface area contributed by atoms with E-state index >= 15 is 0 Å². The Bertz CT molecular complexity index is 549. The fraction of sp³-hybridized carbons (Fsp3) is 0.308. The van der Waals surface area contributed by atoms with Gasteiger partial charge in [0.1, 0.15) is 5.82 Å². The molecule has 1 aromatic carbocycles. The highest BCUT2D eigenvalue weighted by Crippen LogP contribution is 2.22. The van der Waals surface area contributed by atoms with Crippen molar-refractivity contribution in [2.45, 2.75) is 19.9 Å². The summed E-state index contributed by atoms with van der Waals surface area (Å²) >= 11 is 0. The maximum Gasteiger partial charge on any atom is 0.159 e. The molecule has 0 amide bonds. The predicted octanol–water partition coefficient (Wildman–Crippen LogP) is 3.01. The van der Waals surface area contributed by atoms with Gasteiger partial charge in [-0.3, -0.25) is 0 Å². The molecule has 0 aliphatic rings. The first-order valence-electron chi connectivity index (χ1n) is 5.75. The minimum absolute atomic E-state index is 0.205. The third-order valence-electron chi connectivity index (χ3n) is 2.86. The van der Waals surface area contributed by atoms with Crippen LogP contribution in [0.4, 0.5) is 8.78 Å². The molecule has 0 aliphatic heterocycles. The van der Waals surface area contributed by atoms with Crippen LogP contribution in [0, 0.1) is 17.6 Å². The molecule has 0 saturated heterocycles. The fourth-order valence-electron chi connectivity index (χ4n) is 1.63. The van der Waals surface area contributed by atoms with Gasteiger partial charge in [0.15, 0.2) is 11.6 Å². The second kappa shape index (κ2) is 4.86. The van der Waals surface area contributed by atoms with Crippen LogP contribution in [0.3, 0.4) is 0 Å². The van der Waals surface area contributed by atoms with E-state index in [0.717, 1.165) is 12.1 Å². The number of nitrogens with one attached hydrogen (secondary N) is 1. The SMILES string of the molecule is CC(C)C(N)c1ncc(-c2ccc(F)c(F)c2)[nH]1. The monoisotopic (exact) mass is 251 g/mol. The largest absolute Gasteiger partial charge is 0.341 e. The van der Waals surface area contributed by atoms with Gasteiger partial charge < -0.3 is 10.7 Å². The zero-order valence-electron chi connectivity index (χ0n) is 10.2. The van der Waals surface area contributed by atoms with E-state index in [9.17, 15) is 8.78 Å². The van der Waals surface area contributed by atoms with E-state index in [1.807, 2.05) is 13.8 Å². The number of rotatable bonds is 3. The zero-order chi connectivity index (χ0) is 13.3. The number of nitrogens with two attached hydrogens (primary N) is 1. The Morgan fingerprint density at radius 2 is 1.94 bits per heavy atom. The van der Waals surface area contributed by atoms with Gasteiger partial charge in [-0.2, -0.15) is 0 Å². The summed E-state index contributed by atoms with van der Waals surface area (Å²) in [6.07, 6.45) is 1.57. The van der Waals surface area contributed by atoms with Crippen LogP contribution >= 0.6 is 0 Å². The molecule has 1 atom stereocenters. The Hall–Kier alpha value is -1.75. The number of imidazole rings is 1. The summed E-state index contributed by atoms with van der Waals surface area (Å²) in [5.74, 6) is -0.854. The lowest BCUT2D eigenvalue weighted by atomic mass is 10.1. The van der Waals surface area contributed by atoms with Gasteiger partial charge >= 0.3 is 0 Å². The summed E-state index contributed by atoms with van der Waals surface area (Å²) in [7, 11) is 0. The highest BCUT2D eigenvalue weighted by molar-refractivity contribution is 5.58. The van der Waals surface area contributed by atoms with Crippen LogP contribution in [-0.4, -0.2) is 9.97 Å². The highest BCUT2D eigenvalue weighted by Gasteiger charge is 2.15. The molecule has 1 unspecified atom stereocenters. The predicted molar refractivity (Wildman–Crippen MR) is 65.7 cm³/mol. The number of aromatic nitrogens is 2. The number of hydrogen-bond donors (Lipinski definition) is 2. The molecule has 0 fully saturated rings. The van der Waals surface area contributed by atoms with Gasteiger partial charge in [0.2, 0.25) is 0 Å². The van der Waals surface area contributed by atoms with Crippen LogP contribution in [0.25, 0.3) is 11.3 Å². The smallest absolute Gasteiger partial charge is 0.159 e. The van der Waals surface area contributed by atoms with Gasteiger partial charge in [-0.05, 0) is 24.1 Å². The quantitative estimate of drug-likeness (QED) is 0.881. The topological polar surface area (TPSA) is 54.7 Å². The van der Waals surface area contributed by atoms with Gasteiger partial charge in [0, 0.05) is 5.56 Å². The van der Waals surface area contributed by atoms with Gasteiger partial charge in [0.25, 0.3) is 0 Å². The van der Waals surface area contributed by atoms with Crippen LogP contribution in [0.5, 0.6) is 0 Å². The number of aromatic amines is 1. The molecule has 0 spiro atoms.